The summed E-state index contributed by atoms with van der Waals surface area (Å²) in [5.74, 6) is 0.0765. The largest absolute Gasteiger partial charge is 0.478 e. The van der Waals surface area contributed by atoms with Crippen molar-refractivity contribution in [2.24, 2.45) is 0 Å². The SMILES string of the molecule is Cc1cc(C(=O)NCc2sccc2/C=C/C(=O)O)c(C)o1. The zero-order valence-corrected chi connectivity index (χ0v) is 12.5. The Labute approximate surface area is 125 Å². The lowest BCUT2D eigenvalue weighted by molar-refractivity contribution is -0.131. The number of hydrogen-bond donors (Lipinski definition) is 2. The normalized spacial score (nSPS) is 11.0. The molecule has 0 atom stereocenters. The fourth-order valence-corrected chi connectivity index (χ4v) is 2.72. The van der Waals surface area contributed by atoms with E-state index in [1.54, 1.807) is 19.9 Å². The van der Waals surface area contributed by atoms with E-state index in [1.165, 1.54) is 17.4 Å². The molecule has 0 aliphatic rings. The smallest absolute Gasteiger partial charge is 0.328 e. The van der Waals surface area contributed by atoms with Gasteiger partial charge >= 0.3 is 5.97 Å². The molecule has 2 heterocycles. The number of aliphatic carboxylic acids is 1. The molecule has 110 valence electrons. The monoisotopic (exact) mass is 305 g/mol. The van der Waals surface area contributed by atoms with Gasteiger partial charge in [0.05, 0.1) is 12.1 Å². The van der Waals surface area contributed by atoms with Gasteiger partial charge in [-0.25, -0.2) is 4.79 Å². The molecule has 0 aromatic carbocycles. The number of carboxylic acids is 1. The van der Waals surface area contributed by atoms with Gasteiger partial charge in [-0.2, -0.15) is 0 Å². The summed E-state index contributed by atoms with van der Waals surface area (Å²) in [5, 5.41) is 13.3. The summed E-state index contributed by atoms with van der Waals surface area (Å²) in [6.45, 7) is 3.88. The number of carbonyl (C=O) groups is 2. The lowest BCUT2D eigenvalue weighted by Gasteiger charge is -2.03. The summed E-state index contributed by atoms with van der Waals surface area (Å²) in [5.41, 5.74) is 1.31. The maximum Gasteiger partial charge on any atom is 0.328 e. The van der Waals surface area contributed by atoms with Crippen molar-refractivity contribution in [1.29, 1.82) is 0 Å². The molecule has 0 unspecified atom stereocenters. The molecule has 0 saturated carbocycles. The highest BCUT2D eigenvalue weighted by atomic mass is 32.1. The summed E-state index contributed by atoms with van der Waals surface area (Å²) in [4.78, 5) is 23.5. The van der Waals surface area contributed by atoms with E-state index in [0.717, 1.165) is 16.5 Å². The van der Waals surface area contributed by atoms with Crippen molar-refractivity contribution < 1.29 is 19.1 Å². The van der Waals surface area contributed by atoms with E-state index in [2.05, 4.69) is 5.32 Å². The maximum absolute atomic E-state index is 12.1. The minimum Gasteiger partial charge on any atom is -0.478 e. The van der Waals surface area contributed by atoms with Crippen LogP contribution in [0.5, 0.6) is 0 Å². The molecule has 2 N–H and O–H groups in total. The van der Waals surface area contributed by atoms with Gasteiger partial charge in [0.2, 0.25) is 0 Å². The van der Waals surface area contributed by atoms with Gasteiger partial charge in [-0.3, -0.25) is 4.79 Å². The minimum atomic E-state index is -0.999. The van der Waals surface area contributed by atoms with Gasteiger partial charge in [0.15, 0.2) is 0 Å². The van der Waals surface area contributed by atoms with E-state index in [1.807, 2.05) is 11.4 Å². The summed E-state index contributed by atoms with van der Waals surface area (Å²) in [6, 6.07) is 3.52. The summed E-state index contributed by atoms with van der Waals surface area (Å²) in [6.07, 6.45) is 2.60. The molecule has 2 aromatic rings. The van der Waals surface area contributed by atoms with E-state index in [4.69, 9.17) is 9.52 Å². The van der Waals surface area contributed by atoms with Crippen LogP contribution < -0.4 is 5.32 Å². The molecule has 2 rings (SSSR count). The van der Waals surface area contributed by atoms with Crippen molar-refractivity contribution in [2.75, 3.05) is 0 Å². The Hall–Kier alpha value is -2.34. The Morgan fingerprint density at radius 3 is 2.81 bits per heavy atom. The van der Waals surface area contributed by atoms with Crippen LogP contribution in [0, 0.1) is 13.8 Å². The second-order valence-electron chi connectivity index (χ2n) is 4.48. The van der Waals surface area contributed by atoms with Crippen molar-refractivity contribution in [2.45, 2.75) is 20.4 Å². The van der Waals surface area contributed by atoms with Crippen LogP contribution in [-0.2, 0) is 11.3 Å². The molecule has 0 spiro atoms. The first-order chi connectivity index (χ1) is 9.97. The van der Waals surface area contributed by atoms with Crippen molar-refractivity contribution in [3.8, 4) is 0 Å². The van der Waals surface area contributed by atoms with Crippen LogP contribution in [0.2, 0.25) is 0 Å². The molecule has 0 bridgehead atoms. The Morgan fingerprint density at radius 1 is 1.43 bits per heavy atom. The third-order valence-electron chi connectivity index (χ3n) is 2.88. The van der Waals surface area contributed by atoms with Crippen molar-refractivity contribution >= 4 is 29.3 Å². The fraction of sp³-hybridized carbons (Fsp3) is 0.200. The Balaban J connectivity index is 2.04. The summed E-state index contributed by atoms with van der Waals surface area (Å²) in [7, 11) is 0. The number of thiophene rings is 1. The van der Waals surface area contributed by atoms with Crippen LogP contribution in [-0.4, -0.2) is 17.0 Å². The molecule has 0 saturated heterocycles. The molecule has 0 aliphatic carbocycles. The first-order valence-electron chi connectivity index (χ1n) is 6.30. The third kappa shape index (κ3) is 3.82. The number of nitrogens with one attached hydrogen (secondary N) is 1. The average Bonchev–Trinajstić information content (AvgIpc) is 2.99. The first-order valence-corrected chi connectivity index (χ1v) is 7.18. The molecule has 1 amide bonds. The van der Waals surface area contributed by atoms with Crippen molar-refractivity contribution in [1.82, 2.24) is 5.32 Å². The number of amides is 1. The molecule has 0 fully saturated rings. The van der Waals surface area contributed by atoms with Crippen molar-refractivity contribution in [3.05, 3.63) is 51.1 Å². The molecular formula is C15H15NO4S. The number of hydrogen-bond acceptors (Lipinski definition) is 4. The van der Waals surface area contributed by atoms with Crippen LogP contribution >= 0.6 is 11.3 Å². The van der Waals surface area contributed by atoms with Gasteiger partial charge in [-0.1, -0.05) is 0 Å². The summed E-state index contributed by atoms with van der Waals surface area (Å²) < 4.78 is 5.33. The number of furan rings is 1. The molecule has 2 aromatic heterocycles. The third-order valence-corrected chi connectivity index (χ3v) is 3.82. The molecule has 5 nitrogen and oxygen atoms in total. The number of carboxylic acid groups (broad SMARTS) is 1. The molecule has 0 radical (unpaired) electrons. The highest BCUT2D eigenvalue weighted by Crippen LogP contribution is 2.19. The standard InChI is InChI=1S/C15H15NO4S/c1-9-7-12(10(2)20-9)15(19)16-8-13-11(5-6-21-13)3-4-14(17)18/h3-7H,8H2,1-2H3,(H,16,19)(H,17,18)/b4-3+. The van der Waals surface area contributed by atoms with Crippen LogP contribution in [0.15, 0.2) is 28.0 Å². The lowest BCUT2D eigenvalue weighted by atomic mass is 10.2. The second-order valence-corrected chi connectivity index (χ2v) is 5.48. The van der Waals surface area contributed by atoms with Gasteiger partial charge in [0.1, 0.15) is 11.5 Å². The van der Waals surface area contributed by atoms with Gasteiger partial charge in [-0.15, -0.1) is 11.3 Å². The van der Waals surface area contributed by atoms with E-state index < -0.39 is 5.97 Å². The van der Waals surface area contributed by atoms with Crippen LogP contribution in [0.1, 0.15) is 32.3 Å². The van der Waals surface area contributed by atoms with E-state index in [9.17, 15) is 9.59 Å². The molecule has 21 heavy (non-hydrogen) atoms. The zero-order chi connectivity index (χ0) is 15.4. The van der Waals surface area contributed by atoms with Crippen LogP contribution in [0.3, 0.4) is 0 Å². The number of carbonyl (C=O) groups excluding carboxylic acids is 1. The van der Waals surface area contributed by atoms with E-state index in [0.29, 0.717) is 23.6 Å². The summed E-state index contributed by atoms with van der Waals surface area (Å²) >= 11 is 1.47. The van der Waals surface area contributed by atoms with Gasteiger partial charge in [0, 0.05) is 11.0 Å². The Kier molecular flexibility index (Phi) is 4.59. The quantitative estimate of drug-likeness (QED) is 0.832. The van der Waals surface area contributed by atoms with Crippen LogP contribution in [0.25, 0.3) is 6.08 Å². The maximum atomic E-state index is 12.1. The van der Waals surface area contributed by atoms with E-state index in [-0.39, 0.29) is 5.91 Å². The highest BCUT2D eigenvalue weighted by Gasteiger charge is 2.13. The Bertz CT molecular complexity index is 696. The highest BCUT2D eigenvalue weighted by molar-refractivity contribution is 7.10. The van der Waals surface area contributed by atoms with Gasteiger partial charge in [0.25, 0.3) is 5.91 Å². The topological polar surface area (TPSA) is 79.5 Å². The van der Waals surface area contributed by atoms with E-state index >= 15 is 0 Å². The lowest BCUT2D eigenvalue weighted by Crippen LogP contribution is -2.22. The predicted molar refractivity (Wildman–Crippen MR) is 80.3 cm³/mol. The minimum absolute atomic E-state index is 0.203. The Morgan fingerprint density at radius 2 is 2.19 bits per heavy atom. The number of rotatable bonds is 5. The van der Waals surface area contributed by atoms with Gasteiger partial charge < -0.3 is 14.8 Å². The molecular weight excluding hydrogens is 290 g/mol. The zero-order valence-electron chi connectivity index (χ0n) is 11.7. The van der Waals surface area contributed by atoms with Crippen LogP contribution in [0.4, 0.5) is 0 Å². The second kappa shape index (κ2) is 6.41. The molecule has 6 heteroatoms. The fourth-order valence-electron chi connectivity index (χ4n) is 1.92. The average molecular weight is 305 g/mol. The predicted octanol–water partition coefficient (Wildman–Crippen LogP) is 2.99. The first kappa shape index (κ1) is 15.1. The van der Waals surface area contributed by atoms with Crippen molar-refractivity contribution in [3.63, 3.8) is 0 Å². The van der Waals surface area contributed by atoms with Gasteiger partial charge in [-0.05, 0) is 43.0 Å². The number of aryl methyl sites for hydroxylation is 2. The molecule has 0 aliphatic heterocycles.